The Morgan fingerprint density at radius 2 is 2.07 bits per heavy atom. The molecular formula is C22H28N4O2. The van der Waals surface area contributed by atoms with Crippen LogP contribution in [-0.2, 0) is 4.74 Å². The van der Waals surface area contributed by atoms with Crippen molar-refractivity contribution in [3.63, 3.8) is 0 Å². The third-order valence-corrected chi connectivity index (χ3v) is 4.54. The monoisotopic (exact) mass is 380 g/mol. The van der Waals surface area contributed by atoms with Crippen molar-refractivity contribution in [2.75, 3.05) is 52.3 Å². The van der Waals surface area contributed by atoms with Crippen LogP contribution in [0.4, 0.5) is 10.5 Å². The Morgan fingerprint density at radius 1 is 1.25 bits per heavy atom. The van der Waals surface area contributed by atoms with E-state index in [1.165, 1.54) is 0 Å². The number of urea groups is 1. The third-order valence-electron chi connectivity index (χ3n) is 4.54. The van der Waals surface area contributed by atoms with Gasteiger partial charge in [-0.25, -0.2) is 4.79 Å². The lowest BCUT2D eigenvalue weighted by Crippen LogP contribution is -2.41. The Hall–Kier alpha value is -2.70. The minimum absolute atomic E-state index is 0.0777. The molecule has 6 nitrogen and oxygen atoms in total. The predicted octanol–water partition coefficient (Wildman–Crippen LogP) is 3.29. The van der Waals surface area contributed by atoms with E-state index >= 15 is 0 Å². The molecule has 0 spiro atoms. The van der Waals surface area contributed by atoms with Gasteiger partial charge in [0.1, 0.15) is 0 Å². The minimum Gasteiger partial charge on any atom is -0.379 e. The van der Waals surface area contributed by atoms with Gasteiger partial charge >= 0.3 is 6.03 Å². The van der Waals surface area contributed by atoms with Crippen LogP contribution in [0.15, 0.2) is 48.7 Å². The van der Waals surface area contributed by atoms with Crippen LogP contribution >= 0.6 is 0 Å². The Labute approximate surface area is 166 Å². The first-order valence-corrected chi connectivity index (χ1v) is 9.58. The Morgan fingerprint density at radius 3 is 2.79 bits per heavy atom. The first-order chi connectivity index (χ1) is 13.6. The Balaban J connectivity index is 1.57. The molecule has 1 aliphatic rings. The highest BCUT2D eigenvalue weighted by atomic mass is 16.5. The number of hydrogen-bond donors (Lipinski definition) is 1. The molecule has 0 radical (unpaired) electrons. The standard InChI is InChI=1S/C22H28N4O2/c1-25(2)15-19-16-26(13-14-28-17-19)22(27)24-21-10-7-18(8-11-21)6-9-20-5-3-4-12-23-20/h3-12,19H,13-17H2,1-2H3,(H,24,27)/b9-6+. The van der Waals surface area contributed by atoms with E-state index in [1.54, 1.807) is 6.20 Å². The van der Waals surface area contributed by atoms with E-state index < -0.39 is 0 Å². The van der Waals surface area contributed by atoms with Crippen molar-refractivity contribution < 1.29 is 9.53 Å². The average Bonchev–Trinajstić information content (AvgIpc) is 2.93. The molecule has 1 saturated heterocycles. The average molecular weight is 380 g/mol. The van der Waals surface area contributed by atoms with Crippen LogP contribution in [0.3, 0.4) is 0 Å². The number of carbonyl (C=O) groups excluding carboxylic acids is 1. The lowest BCUT2D eigenvalue weighted by Gasteiger charge is -2.25. The van der Waals surface area contributed by atoms with Crippen LogP contribution in [0.2, 0.25) is 0 Å². The van der Waals surface area contributed by atoms with Gasteiger partial charge in [-0.05, 0) is 50.0 Å². The topological polar surface area (TPSA) is 57.7 Å². The van der Waals surface area contributed by atoms with Gasteiger partial charge in [0.25, 0.3) is 0 Å². The van der Waals surface area contributed by atoms with Crippen molar-refractivity contribution in [2.45, 2.75) is 0 Å². The molecule has 0 bridgehead atoms. The van der Waals surface area contributed by atoms with Crippen LogP contribution in [0, 0.1) is 5.92 Å². The molecule has 1 aliphatic heterocycles. The molecule has 28 heavy (non-hydrogen) atoms. The van der Waals surface area contributed by atoms with Crippen LogP contribution in [0.5, 0.6) is 0 Å². The molecular weight excluding hydrogens is 352 g/mol. The number of anilines is 1. The summed E-state index contributed by atoms with van der Waals surface area (Å²) in [5.74, 6) is 0.322. The molecule has 2 aromatic rings. The maximum Gasteiger partial charge on any atom is 0.321 e. The highest BCUT2D eigenvalue weighted by molar-refractivity contribution is 5.89. The Kier molecular flexibility index (Phi) is 7.17. The fraction of sp³-hybridized carbons (Fsp3) is 0.364. The summed E-state index contributed by atoms with van der Waals surface area (Å²) in [5, 5.41) is 3.00. The van der Waals surface area contributed by atoms with E-state index in [9.17, 15) is 4.79 Å². The molecule has 1 aromatic heterocycles. The predicted molar refractivity (Wildman–Crippen MR) is 113 cm³/mol. The number of carbonyl (C=O) groups is 1. The lowest BCUT2D eigenvalue weighted by molar-refractivity contribution is 0.112. The van der Waals surface area contributed by atoms with Gasteiger partial charge in [0.15, 0.2) is 0 Å². The number of nitrogens with zero attached hydrogens (tertiary/aromatic N) is 3. The number of hydrogen-bond acceptors (Lipinski definition) is 4. The number of ether oxygens (including phenoxy) is 1. The lowest BCUT2D eigenvalue weighted by atomic mass is 10.1. The molecule has 1 unspecified atom stereocenters. The van der Waals surface area contributed by atoms with Crippen molar-refractivity contribution in [2.24, 2.45) is 5.92 Å². The summed E-state index contributed by atoms with van der Waals surface area (Å²) in [6, 6.07) is 13.5. The first-order valence-electron chi connectivity index (χ1n) is 9.58. The summed E-state index contributed by atoms with van der Waals surface area (Å²) in [7, 11) is 4.08. The summed E-state index contributed by atoms with van der Waals surface area (Å²) in [6.07, 6.45) is 5.75. The summed E-state index contributed by atoms with van der Waals surface area (Å²) < 4.78 is 5.66. The van der Waals surface area contributed by atoms with Gasteiger partial charge in [-0.3, -0.25) is 4.98 Å². The van der Waals surface area contributed by atoms with Crippen LogP contribution < -0.4 is 5.32 Å². The molecule has 148 valence electrons. The maximum absolute atomic E-state index is 12.7. The van der Waals surface area contributed by atoms with Gasteiger partial charge < -0.3 is 19.9 Å². The molecule has 6 heteroatoms. The highest BCUT2D eigenvalue weighted by Gasteiger charge is 2.23. The van der Waals surface area contributed by atoms with E-state index in [0.717, 1.165) is 23.5 Å². The maximum atomic E-state index is 12.7. The number of amides is 2. The zero-order valence-electron chi connectivity index (χ0n) is 16.5. The van der Waals surface area contributed by atoms with Gasteiger partial charge in [-0.2, -0.15) is 0 Å². The van der Waals surface area contributed by atoms with Crippen LogP contribution in [0.1, 0.15) is 11.3 Å². The SMILES string of the molecule is CN(C)CC1COCCN(C(=O)Nc2ccc(/C=C/c3ccccn3)cc2)C1. The van der Waals surface area contributed by atoms with Gasteiger partial charge in [-0.15, -0.1) is 0 Å². The molecule has 1 N–H and O–H groups in total. The van der Waals surface area contributed by atoms with E-state index in [2.05, 4.69) is 15.2 Å². The summed E-state index contributed by atoms with van der Waals surface area (Å²) in [5.41, 5.74) is 2.75. The van der Waals surface area contributed by atoms with Gasteiger partial charge in [0.05, 0.1) is 18.9 Å². The second-order valence-electron chi connectivity index (χ2n) is 7.29. The molecule has 1 aromatic carbocycles. The molecule has 0 saturated carbocycles. The fourth-order valence-electron chi connectivity index (χ4n) is 3.23. The molecule has 2 amide bonds. The molecule has 2 heterocycles. The second kappa shape index (κ2) is 10.0. The van der Waals surface area contributed by atoms with E-state index in [-0.39, 0.29) is 6.03 Å². The van der Waals surface area contributed by atoms with E-state index in [1.807, 2.05) is 73.6 Å². The molecule has 1 fully saturated rings. The molecule has 1 atom stereocenters. The zero-order valence-corrected chi connectivity index (χ0v) is 16.5. The van der Waals surface area contributed by atoms with Crippen molar-refractivity contribution in [3.05, 3.63) is 59.9 Å². The number of benzene rings is 1. The first kappa shape index (κ1) is 20.0. The number of aromatic nitrogens is 1. The van der Waals surface area contributed by atoms with E-state index in [0.29, 0.717) is 32.2 Å². The largest absolute Gasteiger partial charge is 0.379 e. The van der Waals surface area contributed by atoms with Crippen molar-refractivity contribution in [3.8, 4) is 0 Å². The summed E-state index contributed by atoms with van der Waals surface area (Å²) in [6.45, 7) is 3.49. The Bertz CT molecular complexity index is 775. The van der Waals surface area contributed by atoms with Crippen molar-refractivity contribution in [1.29, 1.82) is 0 Å². The van der Waals surface area contributed by atoms with E-state index in [4.69, 9.17) is 4.74 Å². The smallest absolute Gasteiger partial charge is 0.321 e. The van der Waals surface area contributed by atoms with Gasteiger partial charge in [0.2, 0.25) is 0 Å². The van der Waals surface area contributed by atoms with Gasteiger partial charge in [-0.1, -0.05) is 24.3 Å². The summed E-state index contributed by atoms with van der Waals surface area (Å²) in [4.78, 5) is 20.9. The number of pyridine rings is 1. The molecule has 3 rings (SSSR count). The minimum atomic E-state index is -0.0777. The summed E-state index contributed by atoms with van der Waals surface area (Å²) >= 11 is 0. The second-order valence-corrected chi connectivity index (χ2v) is 7.29. The third kappa shape index (κ3) is 6.18. The number of nitrogens with one attached hydrogen (secondary N) is 1. The number of rotatable bonds is 5. The normalized spacial score (nSPS) is 17.7. The zero-order chi connectivity index (χ0) is 19.8. The van der Waals surface area contributed by atoms with Crippen molar-refractivity contribution >= 4 is 23.9 Å². The molecule has 0 aliphatic carbocycles. The van der Waals surface area contributed by atoms with Crippen molar-refractivity contribution in [1.82, 2.24) is 14.8 Å². The fourth-order valence-corrected chi connectivity index (χ4v) is 3.23. The highest BCUT2D eigenvalue weighted by Crippen LogP contribution is 2.14. The van der Waals surface area contributed by atoms with Gasteiger partial charge in [0, 0.05) is 37.4 Å². The van der Waals surface area contributed by atoms with Crippen LogP contribution in [-0.4, -0.2) is 67.8 Å². The quantitative estimate of drug-likeness (QED) is 0.865. The van der Waals surface area contributed by atoms with Crippen LogP contribution in [0.25, 0.3) is 12.2 Å².